The summed E-state index contributed by atoms with van der Waals surface area (Å²) in [5.41, 5.74) is 3.62. The third-order valence-corrected chi connectivity index (χ3v) is 5.10. The van der Waals surface area contributed by atoms with Crippen LogP contribution >= 0.6 is 0 Å². The molecule has 5 nitrogen and oxygen atoms in total. The lowest BCUT2D eigenvalue weighted by Crippen LogP contribution is -2.32. The normalized spacial score (nSPS) is 14.1. The predicted octanol–water partition coefficient (Wildman–Crippen LogP) is 4.36. The zero-order valence-electron chi connectivity index (χ0n) is 17.5. The second kappa shape index (κ2) is 9.59. The van der Waals surface area contributed by atoms with E-state index in [1.807, 2.05) is 26.0 Å². The van der Waals surface area contributed by atoms with E-state index in [0.717, 1.165) is 12.8 Å². The average Bonchev–Trinajstić information content (AvgIpc) is 2.72. The molecular formula is C24H30N2O3. The molecular weight excluding hydrogens is 364 g/mol. The van der Waals surface area contributed by atoms with Crippen molar-refractivity contribution >= 4 is 17.5 Å². The Morgan fingerprint density at radius 1 is 1.00 bits per heavy atom. The topological polar surface area (TPSA) is 67.4 Å². The van der Waals surface area contributed by atoms with Crippen molar-refractivity contribution in [3.05, 3.63) is 59.2 Å². The summed E-state index contributed by atoms with van der Waals surface area (Å²) >= 11 is 0. The van der Waals surface area contributed by atoms with Crippen LogP contribution in [-0.2, 0) is 17.6 Å². The van der Waals surface area contributed by atoms with Crippen LogP contribution in [0.25, 0.3) is 0 Å². The van der Waals surface area contributed by atoms with Gasteiger partial charge in [0.2, 0.25) is 0 Å². The number of carbonyl (C=O) groups is 2. The lowest BCUT2D eigenvalue weighted by Gasteiger charge is -2.19. The molecule has 1 atom stereocenters. The number of ether oxygens (including phenoxy) is 1. The van der Waals surface area contributed by atoms with Crippen molar-refractivity contribution in [2.75, 3.05) is 11.9 Å². The fourth-order valence-corrected chi connectivity index (χ4v) is 3.46. The fourth-order valence-electron chi connectivity index (χ4n) is 3.46. The molecule has 0 spiro atoms. The van der Waals surface area contributed by atoms with Gasteiger partial charge < -0.3 is 15.4 Å². The van der Waals surface area contributed by atoms with Gasteiger partial charge in [0, 0.05) is 6.54 Å². The first-order valence-corrected chi connectivity index (χ1v) is 10.4. The van der Waals surface area contributed by atoms with Gasteiger partial charge in [-0.25, -0.2) is 0 Å². The second-order valence-corrected chi connectivity index (χ2v) is 8.04. The lowest BCUT2D eigenvalue weighted by atomic mass is 9.92. The third kappa shape index (κ3) is 5.59. The van der Waals surface area contributed by atoms with Gasteiger partial charge in [0.1, 0.15) is 5.75 Å². The molecule has 0 fully saturated rings. The SMILES string of the molecule is CC(C)CNC(=O)c1ccccc1NC(=O)C(C)Oc1ccc2c(c1)CCCC2. The van der Waals surface area contributed by atoms with Gasteiger partial charge in [-0.15, -0.1) is 0 Å². The molecule has 1 aliphatic rings. The maximum atomic E-state index is 12.7. The number of anilines is 1. The lowest BCUT2D eigenvalue weighted by molar-refractivity contribution is -0.122. The molecule has 0 heterocycles. The largest absolute Gasteiger partial charge is 0.481 e. The molecule has 0 aliphatic heterocycles. The number of para-hydroxylation sites is 1. The highest BCUT2D eigenvalue weighted by atomic mass is 16.5. The second-order valence-electron chi connectivity index (χ2n) is 8.04. The third-order valence-electron chi connectivity index (χ3n) is 5.10. The Bertz CT molecular complexity index is 876. The molecule has 154 valence electrons. The number of rotatable bonds is 7. The number of benzene rings is 2. The molecule has 0 saturated carbocycles. The highest BCUT2D eigenvalue weighted by Gasteiger charge is 2.19. The first-order chi connectivity index (χ1) is 13.9. The van der Waals surface area contributed by atoms with Gasteiger partial charge in [0.15, 0.2) is 6.10 Å². The van der Waals surface area contributed by atoms with E-state index in [2.05, 4.69) is 16.7 Å². The zero-order chi connectivity index (χ0) is 20.8. The van der Waals surface area contributed by atoms with Crippen LogP contribution in [0.15, 0.2) is 42.5 Å². The molecule has 0 aromatic heterocycles. The zero-order valence-corrected chi connectivity index (χ0v) is 17.5. The number of nitrogens with one attached hydrogen (secondary N) is 2. The summed E-state index contributed by atoms with van der Waals surface area (Å²) in [6.07, 6.45) is 3.93. The molecule has 1 aliphatic carbocycles. The number of hydrogen-bond acceptors (Lipinski definition) is 3. The molecule has 2 aromatic rings. The minimum absolute atomic E-state index is 0.196. The number of fused-ring (bicyclic) bond motifs is 1. The molecule has 2 aromatic carbocycles. The van der Waals surface area contributed by atoms with E-state index < -0.39 is 6.10 Å². The van der Waals surface area contributed by atoms with Crippen LogP contribution in [0.1, 0.15) is 55.1 Å². The van der Waals surface area contributed by atoms with Crippen molar-refractivity contribution in [3.63, 3.8) is 0 Å². The average molecular weight is 395 g/mol. The van der Waals surface area contributed by atoms with Crippen LogP contribution in [0, 0.1) is 5.92 Å². The Hall–Kier alpha value is -2.82. The summed E-state index contributed by atoms with van der Waals surface area (Å²) in [5.74, 6) is 0.576. The number of aryl methyl sites for hydroxylation is 2. The first-order valence-electron chi connectivity index (χ1n) is 10.4. The van der Waals surface area contributed by atoms with Gasteiger partial charge in [-0.3, -0.25) is 9.59 Å². The molecule has 29 heavy (non-hydrogen) atoms. The molecule has 2 amide bonds. The standard InChI is InChI=1S/C24H30N2O3/c1-16(2)15-25-24(28)21-10-6-7-11-22(21)26-23(27)17(3)29-20-13-12-18-8-4-5-9-19(18)14-20/h6-7,10-14,16-17H,4-5,8-9,15H2,1-3H3,(H,25,28)(H,26,27). The number of hydrogen-bond donors (Lipinski definition) is 2. The Morgan fingerprint density at radius 2 is 1.72 bits per heavy atom. The maximum absolute atomic E-state index is 12.7. The van der Waals surface area contributed by atoms with Crippen molar-refractivity contribution in [1.29, 1.82) is 0 Å². The molecule has 1 unspecified atom stereocenters. The van der Waals surface area contributed by atoms with Gasteiger partial charge in [0.05, 0.1) is 11.3 Å². The summed E-state index contributed by atoms with van der Waals surface area (Å²) < 4.78 is 5.88. The summed E-state index contributed by atoms with van der Waals surface area (Å²) in [6.45, 7) is 6.37. The van der Waals surface area contributed by atoms with Crippen LogP contribution in [0.2, 0.25) is 0 Å². The maximum Gasteiger partial charge on any atom is 0.265 e. The molecule has 3 rings (SSSR count). The molecule has 2 N–H and O–H groups in total. The van der Waals surface area contributed by atoms with E-state index in [0.29, 0.717) is 29.5 Å². The van der Waals surface area contributed by atoms with Crippen LogP contribution in [0.3, 0.4) is 0 Å². The Morgan fingerprint density at radius 3 is 2.48 bits per heavy atom. The summed E-state index contributed by atoms with van der Waals surface area (Å²) in [5, 5.41) is 5.73. The van der Waals surface area contributed by atoms with Gasteiger partial charge in [-0.05, 0) is 73.9 Å². The van der Waals surface area contributed by atoms with Crippen molar-refractivity contribution in [3.8, 4) is 5.75 Å². The molecule has 0 bridgehead atoms. The first kappa shape index (κ1) is 20.9. The van der Waals surface area contributed by atoms with Gasteiger partial charge in [-0.1, -0.05) is 32.0 Å². The van der Waals surface area contributed by atoms with Gasteiger partial charge in [0.25, 0.3) is 11.8 Å². The van der Waals surface area contributed by atoms with E-state index in [9.17, 15) is 9.59 Å². The van der Waals surface area contributed by atoms with Crippen molar-refractivity contribution in [2.24, 2.45) is 5.92 Å². The van der Waals surface area contributed by atoms with E-state index in [1.54, 1.807) is 31.2 Å². The van der Waals surface area contributed by atoms with E-state index in [1.165, 1.54) is 24.0 Å². The monoisotopic (exact) mass is 394 g/mol. The van der Waals surface area contributed by atoms with E-state index in [4.69, 9.17) is 4.74 Å². The highest BCUT2D eigenvalue weighted by molar-refractivity contribution is 6.04. The van der Waals surface area contributed by atoms with Crippen LogP contribution in [0.5, 0.6) is 5.75 Å². The van der Waals surface area contributed by atoms with Crippen molar-refractivity contribution < 1.29 is 14.3 Å². The summed E-state index contributed by atoms with van der Waals surface area (Å²) in [7, 11) is 0. The Labute approximate surface area is 172 Å². The number of carbonyl (C=O) groups excluding carboxylic acids is 2. The molecule has 5 heteroatoms. The smallest absolute Gasteiger partial charge is 0.265 e. The van der Waals surface area contributed by atoms with Crippen LogP contribution in [-0.4, -0.2) is 24.5 Å². The minimum Gasteiger partial charge on any atom is -0.481 e. The fraction of sp³-hybridized carbons (Fsp3) is 0.417. The highest BCUT2D eigenvalue weighted by Crippen LogP contribution is 2.26. The molecule has 0 saturated heterocycles. The summed E-state index contributed by atoms with van der Waals surface area (Å²) in [6, 6.07) is 13.1. The van der Waals surface area contributed by atoms with Gasteiger partial charge in [-0.2, -0.15) is 0 Å². The van der Waals surface area contributed by atoms with E-state index in [-0.39, 0.29) is 11.8 Å². The van der Waals surface area contributed by atoms with Crippen LogP contribution < -0.4 is 15.4 Å². The quantitative estimate of drug-likeness (QED) is 0.733. The van der Waals surface area contributed by atoms with E-state index >= 15 is 0 Å². The molecule has 0 radical (unpaired) electrons. The van der Waals surface area contributed by atoms with Crippen molar-refractivity contribution in [1.82, 2.24) is 5.32 Å². The van der Waals surface area contributed by atoms with Gasteiger partial charge >= 0.3 is 0 Å². The minimum atomic E-state index is -0.677. The summed E-state index contributed by atoms with van der Waals surface area (Å²) in [4.78, 5) is 25.1. The Kier molecular flexibility index (Phi) is 6.91. The Balaban J connectivity index is 1.65. The van der Waals surface area contributed by atoms with Crippen molar-refractivity contribution in [2.45, 2.75) is 52.6 Å². The number of amides is 2. The predicted molar refractivity (Wildman–Crippen MR) is 115 cm³/mol. The van der Waals surface area contributed by atoms with Crippen LogP contribution in [0.4, 0.5) is 5.69 Å².